The van der Waals surface area contributed by atoms with Crippen molar-refractivity contribution in [2.75, 3.05) is 25.4 Å². The summed E-state index contributed by atoms with van der Waals surface area (Å²) in [6, 6.07) is 0.552. The van der Waals surface area contributed by atoms with Crippen molar-refractivity contribution in [2.24, 2.45) is 0 Å². The zero-order chi connectivity index (χ0) is 10.7. The highest BCUT2D eigenvalue weighted by Crippen LogP contribution is 2.25. The summed E-state index contributed by atoms with van der Waals surface area (Å²) < 4.78 is 0. The Morgan fingerprint density at radius 2 is 2.20 bits per heavy atom. The summed E-state index contributed by atoms with van der Waals surface area (Å²) in [5.74, 6) is 1.45. The molecule has 2 unspecified atom stereocenters. The van der Waals surface area contributed by atoms with E-state index in [9.17, 15) is 4.79 Å². The SMILES string of the molecule is CC1CC(NCC(=O)N2CCCC2)CS1. The van der Waals surface area contributed by atoms with E-state index in [0.717, 1.165) is 24.1 Å². The molecule has 2 aliphatic heterocycles. The molecule has 0 radical (unpaired) electrons. The number of carbonyl (C=O) groups is 1. The van der Waals surface area contributed by atoms with Crippen molar-refractivity contribution in [3.63, 3.8) is 0 Å². The van der Waals surface area contributed by atoms with Gasteiger partial charge in [-0.2, -0.15) is 11.8 Å². The van der Waals surface area contributed by atoms with Gasteiger partial charge < -0.3 is 10.2 Å². The highest BCUT2D eigenvalue weighted by atomic mass is 32.2. The molecule has 2 rings (SSSR count). The standard InChI is InChI=1S/C11H20N2OS/c1-9-6-10(8-15-9)12-7-11(14)13-4-2-3-5-13/h9-10,12H,2-8H2,1H3. The Balaban J connectivity index is 1.66. The van der Waals surface area contributed by atoms with E-state index < -0.39 is 0 Å². The molecule has 2 heterocycles. The highest BCUT2D eigenvalue weighted by Gasteiger charge is 2.23. The smallest absolute Gasteiger partial charge is 0.236 e. The van der Waals surface area contributed by atoms with Gasteiger partial charge in [0, 0.05) is 30.1 Å². The Morgan fingerprint density at radius 1 is 1.47 bits per heavy atom. The number of nitrogens with zero attached hydrogens (tertiary/aromatic N) is 1. The van der Waals surface area contributed by atoms with Crippen molar-refractivity contribution in [2.45, 2.75) is 37.5 Å². The molecule has 2 atom stereocenters. The maximum atomic E-state index is 11.7. The Morgan fingerprint density at radius 3 is 2.80 bits per heavy atom. The lowest BCUT2D eigenvalue weighted by Crippen LogP contribution is -2.40. The van der Waals surface area contributed by atoms with Gasteiger partial charge in [0.05, 0.1) is 6.54 Å². The summed E-state index contributed by atoms with van der Waals surface area (Å²) in [4.78, 5) is 13.7. The van der Waals surface area contributed by atoms with Gasteiger partial charge in [-0.25, -0.2) is 0 Å². The first-order valence-electron chi connectivity index (χ1n) is 5.88. The first-order valence-corrected chi connectivity index (χ1v) is 6.93. The molecule has 0 aromatic carbocycles. The van der Waals surface area contributed by atoms with Crippen LogP contribution in [0.4, 0.5) is 0 Å². The molecule has 86 valence electrons. The minimum absolute atomic E-state index is 0.289. The Labute approximate surface area is 96.0 Å². The first-order chi connectivity index (χ1) is 7.25. The molecule has 1 N–H and O–H groups in total. The first kappa shape index (κ1) is 11.3. The van der Waals surface area contributed by atoms with Crippen LogP contribution in [0.1, 0.15) is 26.2 Å². The number of hydrogen-bond donors (Lipinski definition) is 1. The maximum absolute atomic E-state index is 11.7. The van der Waals surface area contributed by atoms with Gasteiger partial charge >= 0.3 is 0 Å². The number of hydrogen-bond acceptors (Lipinski definition) is 3. The number of carbonyl (C=O) groups excluding carboxylic acids is 1. The molecular weight excluding hydrogens is 208 g/mol. The molecule has 4 heteroatoms. The van der Waals surface area contributed by atoms with Crippen molar-refractivity contribution < 1.29 is 4.79 Å². The second kappa shape index (κ2) is 5.21. The topological polar surface area (TPSA) is 32.3 Å². The lowest BCUT2D eigenvalue weighted by molar-refractivity contribution is -0.129. The molecule has 0 aromatic rings. The monoisotopic (exact) mass is 228 g/mol. The molecule has 0 aliphatic carbocycles. The molecule has 1 amide bonds. The number of thioether (sulfide) groups is 1. The minimum Gasteiger partial charge on any atom is -0.342 e. The third-order valence-corrected chi connectivity index (χ3v) is 4.56. The Hall–Kier alpha value is -0.220. The summed E-state index contributed by atoms with van der Waals surface area (Å²) >= 11 is 2.00. The summed E-state index contributed by atoms with van der Waals surface area (Å²) in [5.41, 5.74) is 0. The van der Waals surface area contributed by atoms with Crippen LogP contribution in [-0.4, -0.2) is 47.5 Å². The van der Waals surface area contributed by atoms with Gasteiger partial charge in [0.2, 0.25) is 5.91 Å². The van der Waals surface area contributed by atoms with E-state index in [1.807, 2.05) is 16.7 Å². The molecule has 0 saturated carbocycles. The van der Waals surface area contributed by atoms with Crippen LogP contribution in [-0.2, 0) is 4.79 Å². The van der Waals surface area contributed by atoms with E-state index in [-0.39, 0.29) is 5.91 Å². The zero-order valence-electron chi connectivity index (χ0n) is 9.37. The highest BCUT2D eigenvalue weighted by molar-refractivity contribution is 8.00. The fraction of sp³-hybridized carbons (Fsp3) is 0.909. The van der Waals surface area contributed by atoms with Gasteiger partial charge in [0.1, 0.15) is 0 Å². The van der Waals surface area contributed by atoms with E-state index in [4.69, 9.17) is 0 Å². The zero-order valence-corrected chi connectivity index (χ0v) is 10.2. The third-order valence-electron chi connectivity index (χ3n) is 3.20. The van der Waals surface area contributed by atoms with Crippen LogP contribution in [0.2, 0.25) is 0 Å². The van der Waals surface area contributed by atoms with Crippen molar-refractivity contribution in [1.82, 2.24) is 10.2 Å². The maximum Gasteiger partial charge on any atom is 0.236 e. The van der Waals surface area contributed by atoms with Crippen LogP contribution in [0.5, 0.6) is 0 Å². The Bertz CT molecular complexity index is 229. The van der Waals surface area contributed by atoms with Gasteiger partial charge in [-0.3, -0.25) is 4.79 Å². The average molecular weight is 228 g/mol. The summed E-state index contributed by atoms with van der Waals surface area (Å²) in [7, 11) is 0. The largest absolute Gasteiger partial charge is 0.342 e. The molecular formula is C11H20N2OS. The minimum atomic E-state index is 0.289. The van der Waals surface area contributed by atoms with Crippen LogP contribution < -0.4 is 5.32 Å². The molecule has 0 bridgehead atoms. The number of nitrogens with one attached hydrogen (secondary N) is 1. The number of likely N-dealkylation sites (tertiary alicyclic amines) is 1. The molecule has 2 aliphatic rings. The molecule has 3 nitrogen and oxygen atoms in total. The summed E-state index contributed by atoms with van der Waals surface area (Å²) in [6.07, 6.45) is 3.57. The normalized spacial score (nSPS) is 31.1. The fourth-order valence-electron chi connectivity index (χ4n) is 2.27. The molecule has 2 fully saturated rings. The van der Waals surface area contributed by atoms with Gasteiger partial charge in [-0.15, -0.1) is 0 Å². The number of amides is 1. The molecule has 2 saturated heterocycles. The molecule has 0 spiro atoms. The Kier molecular flexibility index (Phi) is 3.92. The van der Waals surface area contributed by atoms with E-state index in [2.05, 4.69) is 12.2 Å². The predicted octanol–water partition coefficient (Wildman–Crippen LogP) is 1.09. The van der Waals surface area contributed by atoms with Gasteiger partial charge in [-0.1, -0.05) is 6.92 Å². The lowest BCUT2D eigenvalue weighted by atomic mass is 10.2. The van der Waals surface area contributed by atoms with Crippen LogP contribution in [0, 0.1) is 0 Å². The van der Waals surface area contributed by atoms with Crippen LogP contribution in [0.15, 0.2) is 0 Å². The van der Waals surface area contributed by atoms with Crippen molar-refractivity contribution in [1.29, 1.82) is 0 Å². The fourth-order valence-corrected chi connectivity index (χ4v) is 3.45. The van der Waals surface area contributed by atoms with Crippen molar-refractivity contribution >= 4 is 17.7 Å². The van der Waals surface area contributed by atoms with Crippen LogP contribution in [0.3, 0.4) is 0 Å². The van der Waals surface area contributed by atoms with E-state index in [0.29, 0.717) is 12.6 Å². The second-order valence-corrected chi connectivity index (χ2v) is 6.02. The van der Waals surface area contributed by atoms with Crippen LogP contribution in [0.25, 0.3) is 0 Å². The predicted molar refractivity (Wildman–Crippen MR) is 64.1 cm³/mol. The van der Waals surface area contributed by atoms with E-state index in [1.54, 1.807) is 0 Å². The van der Waals surface area contributed by atoms with Gasteiger partial charge in [-0.05, 0) is 19.3 Å². The van der Waals surface area contributed by atoms with Crippen molar-refractivity contribution in [3.05, 3.63) is 0 Å². The third kappa shape index (κ3) is 3.11. The van der Waals surface area contributed by atoms with Gasteiger partial charge in [0.25, 0.3) is 0 Å². The lowest BCUT2D eigenvalue weighted by Gasteiger charge is -2.17. The van der Waals surface area contributed by atoms with Crippen molar-refractivity contribution in [3.8, 4) is 0 Å². The molecule has 0 aromatic heterocycles. The summed E-state index contributed by atoms with van der Waals surface area (Å²) in [5, 5.41) is 4.13. The second-order valence-electron chi connectivity index (χ2n) is 4.55. The average Bonchev–Trinajstić information content (AvgIpc) is 2.84. The quantitative estimate of drug-likeness (QED) is 0.785. The van der Waals surface area contributed by atoms with Crippen LogP contribution >= 0.6 is 11.8 Å². The van der Waals surface area contributed by atoms with E-state index >= 15 is 0 Å². The summed E-state index contributed by atoms with van der Waals surface area (Å²) in [6.45, 7) is 4.74. The van der Waals surface area contributed by atoms with Gasteiger partial charge in [0.15, 0.2) is 0 Å². The number of rotatable bonds is 3. The van der Waals surface area contributed by atoms with E-state index in [1.165, 1.54) is 19.3 Å². The molecule has 15 heavy (non-hydrogen) atoms.